The molecule has 2 N–H and O–H groups in total. The summed E-state index contributed by atoms with van der Waals surface area (Å²) in [6, 6.07) is 6.51. The van der Waals surface area contributed by atoms with Gasteiger partial charge in [-0.15, -0.1) is 0 Å². The van der Waals surface area contributed by atoms with Crippen molar-refractivity contribution in [2.24, 2.45) is 0 Å². The number of nitrogens with zero attached hydrogens (tertiary/aromatic N) is 1. The average molecular weight is 217 g/mol. The van der Waals surface area contributed by atoms with Crippen LogP contribution in [0.3, 0.4) is 0 Å². The number of nitrogens with one attached hydrogen (secondary N) is 2. The minimum atomic E-state index is 0.0880. The van der Waals surface area contributed by atoms with Gasteiger partial charge in [-0.25, -0.2) is 0 Å². The fourth-order valence-corrected chi connectivity index (χ4v) is 2.37. The van der Waals surface area contributed by atoms with E-state index in [2.05, 4.69) is 28.5 Å². The molecule has 1 amide bonds. The lowest BCUT2D eigenvalue weighted by Gasteiger charge is -2.43. The van der Waals surface area contributed by atoms with Crippen LogP contribution < -0.4 is 15.5 Å². The fourth-order valence-electron chi connectivity index (χ4n) is 2.37. The van der Waals surface area contributed by atoms with Crippen molar-refractivity contribution in [2.75, 3.05) is 29.9 Å². The first-order valence-corrected chi connectivity index (χ1v) is 5.62. The van der Waals surface area contributed by atoms with Crippen molar-refractivity contribution in [3.8, 4) is 0 Å². The maximum Gasteiger partial charge on any atom is 0.243 e. The van der Waals surface area contributed by atoms with Gasteiger partial charge >= 0.3 is 0 Å². The molecule has 0 unspecified atom stereocenters. The maximum absolute atomic E-state index is 11.6. The quantitative estimate of drug-likeness (QED) is 0.728. The number of para-hydroxylation sites is 1. The van der Waals surface area contributed by atoms with Gasteiger partial charge in [0, 0.05) is 13.1 Å². The lowest BCUT2D eigenvalue weighted by Crippen LogP contribution is -2.60. The Morgan fingerprint density at radius 2 is 2.19 bits per heavy atom. The van der Waals surface area contributed by atoms with Crippen LogP contribution in [-0.4, -0.2) is 31.6 Å². The molecule has 2 heterocycles. The van der Waals surface area contributed by atoms with Crippen LogP contribution in [0.1, 0.15) is 5.56 Å². The summed E-state index contributed by atoms with van der Waals surface area (Å²) in [5, 5.41) is 6.18. The average Bonchev–Trinajstić information content (AvgIpc) is 2.14. The number of carbonyl (C=O) groups is 1. The highest BCUT2D eigenvalue weighted by molar-refractivity contribution is 6.02. The van der Waals surface area contributed by atoms with E-state index in [4.69, 9.17) is 0 Å². The fraction of sp³-hybridized carbons (Fsp3) is 0.417. The second kappa shape index (κ2) is 3.49. The molecule has 1 saturated heterocycles. The zero-order valence-electron chi connectivity index (χ0n) is 9.29. The van der Waals surface area contributed by atoms with E-state index in [0.717, 1.165) is 18.8 Å². The number of amides is 1. The van der Waals surface area contributed by atoms with Crippen LogP contribution in [0.2, 0.25) is 0 Å². The van der Waals surface area contributed by atoms with Gasteiger partial charge in [-0.2, -0.15) is 0 Å². The van der Waals surface area contributed by atoms with Gasteiger partial charge in [0.05, 0.1) is 24.0 Å². The number of rotatable bonds is 1. The smallest absolute Gasteiger partial charge is 0.243 e. The van der Waals surface area contributed by atoms with Crippen LogP contribution in [0.5, 0.6) is 0 Å². The van der Waals surface area contributed by atoms with Crippen LogP contribution in [0.15, 0.2) is 18.2 Å². The molecule has 1 aromatic rings. The third-order valence-corrected chi connectivity index (χ3v) is 3.31. The van der Waals surface area contributed by atoms with E-state index < -0.39 is 0 Å². The minimum Gasteiger partial charge on any atom is -0.355 e. The molecular weight excluding hydrogens is 202 g/mol. The summed E-state index contributed by atoms with van der Waals surface area (Å²) in [4.78, 5) is 13.8. The number of hydrogen-bond donors (Lipinski definition) is 2. The SMILES string of the molecule is Cc1cccc2c1N(C1CNC1)CC(=O)N2. The highest BCUT2D eigenvalue weighted by atomic mass is 16.2. The van der Waals surface area contributed by atoms with Gasteiger partial charge in [0.25, 0.3) is 0 Å². The number of fused-ring (bicyclic) bond motifs is 1. The summed E-state index contributed by atoms with van der Waals surface area (Å²) in [7, 11) is 0. The van der Waals surface area contributed by atoms with E-state index >= 15 is 0 Å². The highest BCUT2D eigenvalue weighted by Crippen LogP contribution is 2.34. The first-order chi connectivity index (χ1) is 7.75. The second-order valence-electron chi connectivity index (χ2n) is 4.46. The lowest BCUT2D eigenvalue weighted by molar-refractivity contribution is -0.115. The molecule has 1 aromatic carbocycles. The van der Waals surface area contributed by atoms with Gasteiger partial charge in [0.2, 0.25) is 5.91 Å². The molecule has 16 heavy (non-hydrogen) atoms. The van der Waals surface area contributed by atoms with Gasteiger partial charge in [0.1, 0.15) is 0 Å². The van der Waals surface area contributed by atoms with Gasteiger partial charge in [-0.05, 0) is 18.6 Å². The van der Waals surface area contributed by atoms with Gasteiger partial charge < -0.3 is 15.5 Å². The second-order valence-corrected chi connectivity index (χ2v) is 4.46. The van der Waals surface area contributed by atoms with Crippen molar-refractivity contribution in [3.63, 3.8) is 0 Å². The molecule has 1 fully saturated rings. The summed E-state index contributed by atoms with van der Waals surface area (Å²) in [5.41, 5.74) is 3.36. The molecule has 3 rings (SSSR count). The van der Waals surface area contributed by atoms with Crippen LogP contribution in [0, 0.1) is 6.92 Å². The molecular formula is C12H15N3O. The molecule has 0 bridgehead atoms. The summed E-state index contributed by atoms with van der Waals surface area (Å²) in [6.07, 6.45) is 0. The Morgan fingerprint density at radius 3 is 2.88 bits per heavy atom. The third-order valence-electron chi connectivity index (χ3n) is 3.31. The zero-order chi connectivity index (χ0) is 11.1. The van der Waals surface area contributed by atoms with E-state index in [-0.39, 0.29) is 5.91 Å². The molecule has 2 aliphatic heterocycles. The monoisotopic (exact) mass is 217 g/mol. The molecule has 84 valence electrons. The molecule has 2 aliphatic rings. The van der Waals surface area contributed by atoms with Crippen LogP contribution in [0.25, 0.3) is 0 Å². The Balaban J connectivity index is 2.05. The van der Waals surface area contributed by atoms with Crippen molar-refractivity contribution < 1.29 is 4.79 Å². The summed E-state index contributed by atoms with van der Waals surface area (Å²) in [6.45, 7) is 4.52. The highest BCUT2D eigenvalue weighted by Gasteiger charge is 2.31. The molecule has 4 nitrogen and oxygen atoms in total. The molecule has 4 heteroatoms. The van der Waals surface area contributed by atoms with E-state index in [1.54, 1.807) is 0 Å². The van der Waals surface area contributed by atoms with E-state index in [1.807, 2.05) is 12.1 Å². The number of benzene rings is 1. The Bertz CT molecular complexity index is 440. The van der Waals surface area contributed by atoms with Crippen molar-refractivity contribution >= 4 is 17.3 Å². The lowest BCUT2D eigenvalue weighted by atomic mass is 10.0. The van der Waals surface area contributed by atoms with E-state index in [1.165, 1.54) is 11.3 Å². The van der Waals surface area contributed by atoms with Crippen molar-refractivity contribution in [2.45, 2.75) is 13.0 Å². The molecule has 0 saturated carbocycles. The minimum absolute atomic E-state index is 0.0880. The Labute approximate surface area is 94.6 Å². The largest absolute Gasteiger partial charge is 0.355 e. The first-order valence-electron chi connectivity index (χ1n) is 5.62. The maximum atomic E-state index is 11.6. The third kappa shape index (κ3) is 1.38. The first kappa shape index (κ1) is 9.66. The zero-order valence-corrected chi connectivity index (χ0v) is 9.29. The predicted molar refractivity (Wildman–Crippen MR) is 63.8 cm³/mol. The number of carbonyl (C=O) groups excluding carboxylic acids is 1. The van der Waals surface area contributed by atoms with E-state index in [9.17, 15) is 4.79 Å². The number of hydrogen-bond acceptors (Lipinski definition) is 3. The van der Waals surface area contributed by atoms with Crippen LogP contribution in [0.4, 0.5) is 11.4 Å². The van der Waals surface area contributed by atoms with Gasteiger partial charge in [-0.1, -0.05) is 12.1 Å². The van der Waals surface area contributed by atoms with E-state index in [0.29, 0.717) is 12.6 Å². The Kier molecular flexibility index (Phi) is 2.11. The molecule has 0 radical (unpaired) electrons. The topological polar surface area (TPSA) is 44.4 Å². The summed E-state index contributed by atoms with van der Waals surface area (Å²) < 4.78 is 0. The van der Waals surface area contributed by atoms with Gasteiger partial charge in [-0.3, -0.25) is 4.79 Å². The normalized spacial score (nSPS) is 20.1. The Morgan fingerprint density at radius 1 is 1.38 bits per heavy atom. The molecule has 0 aliphatic carbocycles. The number of anilines is 2. The van der Waals surface area contributed by atoms with Gasteiger partial charge in [0.15, 0.2) is 0 Å². The number of aryl methyl sites for hydroxylation is 1. The molecule has 0 atom stereocenters. The molecule has 0 aromatic heterocycles. The molecule has 0 spiro atoms. The Hall–Kier alpha value is -1.55. The van der Waals surface area contributed by atoms with Crippen molar-refractivity contribution in [1.82, 2.24) is 5.32 Å². The van der Waals surface area contributed by atoms with Crippen molar-refractivity contribution in [1.29, 1.82) is 0 Å². The predicted octanol–water partition coefficient (Wildman–Crippen LogP) is 0.725. The van der Waals surface area contributed by atoms with Crippen LogP contribution in [-0.2, 0) is 4.79 Å². The summed E-state index contributed by atoms with van der Waals surface area (Å²) in [5.74, 6) is 0.0880. The standard InChI is InChI=1S/C12H15N3O/c1-8-3-2-4-10-12(8)15(7-11(16)14-10)9-5-13-6-9/h2-4,9,13H,5-7H2,1H3,(H,14,16). The van der Waals surface area contributed by atoms with Crippen LogP contribution >= 0.6 is 0 Å². The van der Waals surface area contributed by atoms with Crippen molar-refractivity contribution in [3.05, 3.63) is 23.8 Å². The summed E-state index contributed by atoms with van der Waals surface area (Å²) >= 11 is 0.